The fourth-order valence-electron chi connectivity index (χ4n) is 5.62. The van der Waals surface area contributed by atoms with Crippen molar-refractivity contribution in [2.45, 2.75) is 44.9 Å². The van der Waals surface area contributed by atoms with Crippen molar-refractivity contribution in [1.29, 1.82) is 0 Å². The van der Waals surface area contributed by atoms with E-state index in [1.54, 1.807) is 12.4 Å². The molecule has 3 aliphatic rings. The number of hydrogen-bond acceptors (Lipinski definition) is 6. The van der Waals surface area contributed by atoms with Crippen molar-refractivity contribution < 1.29 is 14.3 Å². The van der Waals surface area contributed by atoms with Crippen LogP contribution >= 0.6 is 0 Å². The van der Waals surface area contributed by atoms with E-state index >= 15 is 0 Å². The SMILES string of the molecule is CCNC(=O)c1ccc(N2C[C@@H]3[C@H](CNC(=O)Cn4ccnc4C)[C@H]4CC[C@]3(C2)O4)nc1. The van der Waals surface area contributed by atoms with Crippen molar-refractivity contribution in [3.63, 3.8) is 0 Å². The molecule has 3 aliphatic heterocycles. The maximum Gasteiger partial charge on any atom is 0.252 e. The third-order valence-electron chi connectivity index (χ3n) is 7.23. The molecule has 0 aromatic carbocycles. The quantitative estimate of drug-likeness (QED) is 0.672. The van der Waals surface area contributed by atoms with Gasteiger partial charge in [-0.1, -0.05) is 0 Å². The molecule has 1 spiro atoms. The molecule has 32 heavy (non-hydrogen) atoms. The largest absolute Gasteiger partial charge is 0.369 e. The maximum atomic E-state index is 12.5. The van der Waals surface area contributed by atoms with Crippen molar-refractivity contribution in [3.05, 3.63) is 42.1 Å². The van der Waals surface area contributed by atoms with E-state index in [2.05, 4.69) is 25.5 Å². The molecule has 9 nitrogen and oxygen atoms in total. The Morgan fingerprint density at radius 3 is 2.88 bits per heavy atom. The number of aromatic nitrogens is 3. The number of carbonyl (C=O) groups excluding carboxylic acids is 2. The number of nitrogens with zero attached hydrogens (tertiary/aromatic N) is 4. The zero-order valence-electron chi connectivity index (χ0n) is 18.6. The van der Waals surface area contributed by atoms with Gasteiger partial charge in [-0.15, -0.1) is 0 Å². The van der Waals surface area contributed by atoms with Crippen LogP contribution in [-0.4, -0.2) is 64.2 Å². The van der Waals surface area contributed by atoms with E-state index in [4.69, 9.17) is 4.74 Å². The van der Waals surface area contributed by atoms with E-state index < -0.39 is 0 Å². The summed E-state index contributed by atoms with van der Waals surface area (Å²) in [5, 5.41) is 5.92. The van der Waals surface area contributed by atoms with Crippen molar-refractivity contribution in [2.75, 3.05) is 31.1 Å². The molecule has 5 rings (SSSR count). The molecule has 2 N–H and O–H groups in total. The number of nitrogens with one attached hydrogen (secondary N) is 2. The lowest BCUT2D eigenvalue weighted by atomic mass is 9.73. The lowest BCUT2D eigenvalue weighted by molar-refractivity contribution is -0.122. The molecule has 2 amide bonds. The average Bonchev–Trinajstić information content (AvgIpc) is 3.54. The fourth-order valence-corrected chi connectivity index (χ4v) is 5.62. The van der Waals surface area contributed by atoms with E-state index in [1.807, 2.05) is 36.7 Å². The monoisotopic (exact) mass is 438 g/mol. The molecule has 9 heteroatoms. The number of rotatable bonds is 7. The van der Waals surface area contributed by atoms with E-state index in [-0.39, 0.29) is 30.1 Å². The Hall–Kier alpha value is -2.94. The van der Waals surface area contributed by atoms with Crippen LogP contribution in [-0.2, 0) is 16.1 Å². The first kappa shape index (κ1) is 20.9. The first-order valence-corrected chi connectivity index (χ1v) is 11.4. The Labute approximate surface area is 187 Å². The summed E-state index contributed by atoms with van der Waals surface area (Å²) in [5.74, 6) is 2.26. The Bertz CT molecular complexity index is 1010. The van der Waals surface area contributed by atoms with Gasteiger partial charge in [-0.05, 0) is 38.8 Å². The molecule has 0 saturated carbocycles. The number of carbonyl (C=O) groups is 2. The van der Waals surface area contributed by atoms with Crippen molar-refractivity contribution in [1.82, 2.24) is 25.2 Å². The van der Waals surface area contributed by atoms with Gasteiger partial charge in [-0.2, -0.15) is 0 Å². The lowest BCUT2D eigenvalue weighted by Gasteiger charge is -2.29. The summed E-state index contributed by atoms with van der Waals surface area (Å²) in [7, 11) is 0. The molecular formula is C23H30N6O3. The highest BCUT2D eigenvalue weighted by Gasteiger charge is 2.63. The Morgan fingerprint density at radius 2 is 2.16 bits per heavy atom. The van der Waals surface area contributed by atoms with Crippen LogP contribution in [0, 0.1) is 18.8 Å². The molecule has 3 fully saturated rings. The van der Waals surface area contributed by atoms with Crippen molar-refractivity contribution >= 4 is 17.6 Å². The topological polar surface area (TPSA) is 101 Å². The standard InChI is InChI=1S/C23H30N6O3/c1-3-24-22(31)16-4-5-20(26-10-16)29-12-18-17(19-6-7-23(18,14-29)32-19)11-27-21(30)13-28-9-8-25-15(28)2/h4-5,8-10,17-19H,3,6-7,11-14H2,1-2H3,(H,24,31)(H,27,30)/t17-,18+,19+,23+/m0/s1. The predicted octanol–water partition coefficient (Wildman–Crippen LogP) is 1.14. The van der Waals surface area contributed by atoms with Gasteiger partial charge < -0.3 is 24.8 Å². The van der Waals surface area contributed by atoms with Crippen LogP contribution in [0.25, 0.3) is 0 Å². The first-order chi connectivity index (χ1) is 15.5. The van der Waals surface area contributed by atoms with Crippen LogP contribution in [0.2, 0.25) is 0 Å². The molecule has 0 radical (unpaired) electrons. The highest BCUT2D eigenvalue weighted by Crippen LogP contribution is 2.55. The molecule has 2 aromatic heterocycles. The van der Waals surface area contributed by atoms with Gasteiger partial charge in [-0.3, -0.25) is 9.59 Å². The van der Waals surface area contributed by atoms with Crippen LogP contribution in [0.1, 0.15) is 35.9 Å². The Morgan fingerprint density at radius 1 is 1.28 bits per heavy atom. The minimum Gasteiger partial charge on any atom is -0.369 e. The van der Waals surface area contributed by atoms with Crippen molar-refractivity contribution in [2.24, 2.45) is 11.8 Å². The second kappa shape index (κ2) is 8.20. The highest BCUT2D eigenvalue weighted by molar-refractivity contribution is 5.94. The van der Waals surface area contributed by atoms with Crippen LogP contribution in [0.4, 0.5) is 5.82 Å². The molecule has 4 atom stereocenters. The summed E-state index contributed by atoms with van der Waals surface area (Å²) in [6, 6.07) is 3.74. The lowest BCUT2D eigenvalue weighted by Crippen LogP contribution is -2.42. The van der Waals surface area contributed by atoms with Gasteiger partial charge in [0.1, 0.15) is 18.2 Å². The van der Waals surface area contributed by atoms with Crippen LogP contribution in [0.5, 0.6) is 0 Å². The average molecular weight is 439 g/mol. The number of hydrogen-bond donors (Lipinski definition) is 2. The van der Waals surface area contributed by atoms with Gasteiger partial charge in [0.05, 0.1) is 17.3 Å². The summed E-state index contributed by atoms with van der Waals surface area (Å²) in [6.07, 6.45) is 7.47. The number of ether oxygens (including phenoxy) is 1. The molecule has 0 aliphatic carbocycles. The predicted molar refractivity (Wildman–Crippen MR) is 118 cm³/mol. The third-order valence-corrected chi connectivity index (χ3v) is 7.23. The molecule has 2 aromatic rings. The third kappa shape index (κ3) is 3.64. The van der Waals surface area contributed by atoms with E-state index in [9.17, 15) is 9.59 Å². The summed E-state index contributed by atoms with van der Waals surface area (Å²) in [4.78, 5) is 35.5. The Kier molecular flexibility index (Phi) is 5.36. The van der Waals surface area contributed by atoms with Gasteiger partial charge >= 0.3 is 0 Å². The van der Waals surface area contributed by atoms with Gasteiger partial charge in [0.15, 0.2) is 0 Å². The second-order valence-electron chi connectivity index (χ2n) is 9.08. The van der Waals surface area contributed by atoms with Crippen LogP contribution in [0.15, 0.2) is 30.7 Å². The molecule has 170 valence electrons. The molecule has 0 unspecified atom stereocenters. The summed E-state index contributed by atoms with van der Waals surface area (Å²) < 4.78 is 8.35. The summed E-state index contributed by atoms with van der Waals surface area (Å²) in [6.45, 7) is 6.95. The van der Waals surface area contributed by atoms with E-state index in [0.29, 0.717) is 30.5 Å². The second-order valence-corrected chi connectivity index (χ2v) is 9.08. The number of anilines is 1. The fraction of sp³-hybridized carbons (Fsp3) is 0.565. The molecular weight excluding hydrogens is 408 g/mol. The number of aryl methyl sites for hydroxylation is 1. The summed E-state index contributed by atoms with van der Waals surface area (Å²) >= 11 is 0. The number of pyridine rings is 1. The zero-order valence-corrected chi connectivity index (χ0v) is 18.6. The molecule has 5 heterocycles. The van der Waals surface area contributed by atoms with Crippen LogP contribution < -0.4 is 15.5 Å². The van der Waals surface area contributed by atoms with E-state index in [0.717, 1.165) is 37.6 Å². The zero-order chi connectivity index (χ0) is 22.3. The first-order valence-electron chi connectivity index (χ1n) is 11.4. The Balaban J connectivity index is 1.22. The molecule has 2 bridgehead atoms. The minimum absolute atomic E-state index is 0.000359. The van der Waals surface area contributed by atoms with Gasteiger partial charge in [0, 0.05) is 56.6 Å². The van der Waals surface area contributed by atoms with Gasteiger partial charge in [0.2, 0.25) is 5.91 Å². The van der Waals surface area contributed by atoms with Gasteiger partial charge in [-0.25, -0.2) is 9.97 Å². The number of fused-ring (bicyclic) bond motifs is 1. The van der Waals surface area contributed by atoms with E-state index in [1.165, 1.54) is 0 Å². The number of amides is 2. The minimum atomic E-state index is -0.152. The molecule has 3 saturated heterocycles. The van der Waals surface area contributed by atoms with Gasteiger partial charge in [0.25, 0.3) is 5.91 Å². The highest BCUT2D eigenvalue weighted by atomic mass is 16.5. The number of imidazole rings is 1. The van der Waals surface area contributed by atoms with Crippen molar-refractivity contribution in [3.8, 4) is 0 Å². The normalized spacial score (nSPS) is 28.1. The maximum absolute atomic E-state index is 12.5. The summed E-state index contributed by atoms with van der Waals surface area (Å²) in [5.41, 5.74) is 0.417. The smallest absolute Gasteiger partial charge is 0.252 e. The van der Waals surface area contributed by atoms with Crippen LogP contribution in [0.3, 0.4) is 0 Å².